The van der Waals surface area contributed by atoms with Gasteiger partial charge in [-0.15, -0.1) is 24.0 Å². The summed E-state index contributed by atoms with van der Waals surface area (Å²) in [5.41, 5.74) is 6.73. The van der Waals surface area contributed by atoms with E-state index < -0.39 is 0 Å². The van der Waals surface area contributed by atoms with Crippen molar-refractivity contribution in [2.75, 3.05) is 46.4 Å². The van der Waals surface area contributed by atoms with E-state index in [1.54, 1.807) is 7.11 Å². The number of halogens is 1. The third-order valence-corrected chi connectivity index (χ3v) is 6.04. The van der Waals surface area contributed by atoms with Crippen molar-refractivity contribution in [2.45, 2.75) is 51.9 Å². The smallest absolute Gasteiger partial charge is 0.220 e. The highest BCUT2D eigenvalue weighted by Crippen LogP contribution is 2.21. The van der Waals surface area contributed by atoms with E-state index in [0.29, 0.717) is 5.92 Å². The van der Waals surface area contributed by atoms with Gasteiger partial charge in [-0.1, -0.05) is 19.1 Å². The van der Waals surface area contributed by atoms with Gasteiger partial charge in [0.25, 0.3) is 0 Å². The molecule has 0 bridgehead atoms. The Hall–Kier alpha value is -1.55. The number of likely N-dealkylation sites (tertiary alicyclic amines) is 1. The van der Waals surface area contributed by atoms with Gasteiger partial charge in [0.1, 0.15) is 5.75 Å². The van der Waals surface area contributed by atoms with Gasteiger partial charge in [0, 0.05) is 25.6 Å². The summed E-state index contributed by atoms with van der Waals surface area (Å²) in [5, 5.41) is 6.79. The molecule has 1 aromatic rings. The molecule has 0 radical (unpaired) electrons. The second-order valence-electron chi connectivity index (χ2n) is 8.38. The summed E-state index contributed by atoms with van der Waals surface area (Å²) in [6.07, 6.45) is 5.03. The van der Waals surface area contributed by atoms with Crippen LogP contribution in [0.2, 0.25) is 0 Å². The molecule has 1 amide bonds. The lowest BCUT2D eigenvalue weighted by Crippen LogP contribution is -2.39. The van der Waals surface area contributed by atoms with Gasteiger partial charge in [-0.25, -0.2) is 0 Å². The number of carbonyl (C=O) groups excluding carboxylic acids is 1. The molecule has 0 spiro atoms. The SMILES string of the molecule is CCNC(=NCCCCN1CCC(C(N)=O)CC1)NCCC(C)c1ccc(OC)cc1.I. The Labute approximate surface area is 211 Å². The van der Waals surface area contributed by atoms with Crippen molar-refractivity contribution >= 4 is 35.8 Å². The highest BCUT2D eigenvalue weighted by Gasteiger charge is 2.22. The molecule has 0 saturated carbocycles. The molecule has 1 aromatic carbocycles. The van der Waals surface area contributed by atoms with Crippen LogP contribution < -0.4 is 21.1 Å². The number of primary amides is 1. The number of aliphatic imine (C=N–C) groups is 1. The molecule has 0 aliphatic carbocycles. The molecule has 1 fully saturated rings. The van der Waals surface area contributed by atoms with Gasteiger partial charge < -0.3 is 26.0 Å². The number of guanidine groups is 1. The van der Waals surface area contributed by atoms with E-state index in [1.807, 2.05) is 12.1 Å². The number of nitrogens with zero attached hydrogens (tertiary/aromatic N) is 2. The minimum absolute atomic E-state index is 0. The van der Waals surface area contributed by atoms with Crippen molar-refractivity contribution in [2.24, 2.45) is 16.6 Å². The fraction of sp³-hybridized carbons (Fsp3) is 0.667. The Morgan fingerprint density at radius 3 is 2.50 bits per heavy atom. The summed E-state index contributed by atoms with van der Waals surface area (Å²) in [7, 11) is 1.69. The number of piperidine rings is 1. The van der Waals surface area contributed by atoms with Crippen LogP contribution in [0.4, 0.5) is 0 Å². The summed E-state index contributed by atoms with van der Waals surface area (Å²) in [6, 6.07) is 8.31. The number of rotatable bonds is 12. The fourth-order valence-electron chi connectivity index (χ4n) is 3.93. The van der Waals surface area contributed by atoms with Crippen molar-refractivity contribution in [1.29, 1.82) is 0 Å². The second-order valence-corrected chi connectivity index (χ2v) is 8.38. The predicted molar refractivity (Wildman–Crippen MR) is 143 cm³/mol. The van der Waals surface area contributed by atoms with Crippen LogP contribution >= 0.6 is 24.0 Å². The minimum atomic E-state index is -0.143. The lowest BCUT2D eigenvalue weighted by molar-refractivity contribution is -0.123. The first-order valence-corrected chi connectivity index (χ1v) is 11.7. The average molecular weight is 560 g/mol. The largest absolute Gasteiger partial charge is 0.497 e. The molecule has 182 valence electrons. The van der Waals surface area contributed by atoms with Crippen LogP contribution in [0, 0.1) is 5.92 Å². The molecule has 0 aromatic heterocycles. The van der Waals surface area contributed by atoms with Crippen molar-refractivity contribution in [3.8, 4) is 5.75 Å². The number of nitrogens with one attached hydrogen (secondary N) is 2. The van der Waals surface area contributed by atoms with E-state index in [9.17, 15) is 4.79 Å². The maximum atomic E-state index is 11.3. The van der Waals surface area contributed by atoms with E-state index in [4.69, 9.17) is 15.5 Å². The second kappa shape index (κ2) is 16.1. The molecule has 1 saturated heterocycles. The summed E-state index contributed by atoms with van der Waals surface area (Å²) >= 11 is 0. The van der Waals surface area contributed by atoms with E-state index in [0.717, 1.165) is 83.1 Å². The number of hydrogen-bond donors (Lipinski definition) is 3. The summed E-state index contributed by atoms with van der Waals surface area (Å²) < 4.78 is 5.23. The summed E-state index contributed by atoms with van der Waals surface area (Å²) in [4.78, 5) is 18.4. The number of benzene rings is 1. The zero-order valence-corrected chi connectivity index (χ0v) is 22.3. The molecular weight excluding hydrogens is 517 g/mol. The van der Waals surface area contributed by atoms with Gasteiger partial charge in [0.15, 0.2) is 5.96 Å². The van der Waals surface area contributed by atoms with Gasteiger partial charge >= 0.3 is 0 Å². The molecule has 8 heteroatoms. The van der Waals surface area contributed by atoms with Gasteiger partial charge in [0.2, 0.25) is 5.91 Å². The lowest BCUT2D eigenvalue weighted by Gasteiger charge is -2.30. The summed E-state index contributed by atoms with van der Waals surface area (Å²) in [6.45, 7) is 9.93. The van der Waals surface area contributed by atoms with Crippen LogP contribution in [-0.2, 0) is 4.79 Å². The Morgan fingerprint density at radius 1 is 1.22 bits per heavy atom. The number of carbonyl (C=O) groups is 1. The van der Waals surface area contributed by atoms with Crippen LogP contribution in [0.15, 0.2) is 29.3 Å². The third-order valence-electron chi connectivity index (χ3n) is 6.04. The quantitative estimate of drug-likeness (QED) is 0.158. The number of amides is 1. The van der Waals surface area contributed by atoms with Crippen LogP contribution in [0.5, 0.6) is 5.75 Å². The van der Waals surface area contributed by atoms with E-state index >= 15 is 0 Å². The third kappa shape index (κ3) is 10.4. The topological polar surface area (TPSA) is 92.0 Å². The van der Waals surface area contributed by atoms with Crippen molar-refractivity contribution in [3.05, 3.63) is 29.8 Å². The molecule has 1 aliphatic heterocycles. The first-order chi connectivity index (χ1) is 15.0. The zero-order chi connectivity index (χ0) is 22.5. The molecule has 7 nitrogen and oxygen atoms in total. The number of hydrogen-bond acceptors (Lipinski definition) is 4. The van der Waals surface area contributed by atoms with Gasteiger partial charge in [-0.05, 0) is 82.3 Å². The van der Waals surface area contributed by atoms with Crippen molar-refractivity contribution < 1.29 is 9.53 Å². The van der Waals surface area contributed by atoms with E-state index in [-0.39, 0.29) is 35.8 Å². The molecule has 1 unspecified atom stereocenters. The first-order valence-electron chi connectivity index (χ1n) is 11.7. The maximum absolute atomic E-state index is 11.3. The maximum Gasteiger partial charge on any atom is 0.220 e. The molecule has 2 rings (SSSR count). The van der Waals surface area contributed by atoms with Crippen LogP contribution in [0.25, 0.3) is 0 Å². The monoisotopic (exact) mass is 559 g/mol. The van der Waals surface area contributed by atoms with Crippen LogP contribution in [0.1, 0.15) is 57.4 Å². The minimum Gasteiger partial charge on any atom is -0.497 e. The van der Waals surface area contributed by atoms with Gasteiger partial charge in [0.05, 0.1) is 7.11 Å². The Morgan fingerprint density at radius 2 is 1.91 bits per heavy atom. The average Bonchev–Trinajstić information content (AvgIpc) is 2.79. The summed E-state index contributed by atoms with van der Waals surface area (Å²) in [5.74, 6) is 2.19. The highest BCUT2D eigenvalue weighted by atomic mass is 127. The molecule has 1 atom stereocenters. The van der Waals surface area contributed by atoms with Gasteiger partial charge in [-0.2, -0.15) is 0 Å². The van der Waals surface area contributed by atoms with E-state index in [2.05, 4.69) is 41.5 Å². The van der Waals surface area contributed by atoms with Crippen LogP contribution in [0.3, 0.4) is 0 Å². The van der Waals surface area contributed by atoms with Crippen molar-refractivity contribution in [3.63, 3.8) is 0 Å². The zero-order valence-electron chi connectivity index (χ0n) is 19.9. The van der Waals surface area contributed by atoms with Crippen molar-refractivity contribution in [1.82, 2.24) is 15.5 Å². The number of nitrogens with two attached hydrogens (primary N) is 1. The molecule has 1 heterocycles. The molecule has 32 heavy (non-hydrogen) atoms. The normalized spacial score (nSPS) is 16.2. The fourth-order valence-corrected chi connectivity index (χ4v) is 3.93. The predicted octanol–water partition coefficient (Wildman–Crippen LogP) is 3.34. The molecular formula is C24H42IN5O2. The van der Waals surface area contributed by atoms with Gasteiger partial charge in [-0.3, -0.25) is 9.79 Å². The standard InChI is InChI=1S/C24H41N5O2.HI/c1-4-26-24(28-15-11-19(2)20-7-9-22(31-3)10-8-20)27-14-5-6-16-29-17-12-21(13-18-29)23(25)30;/h7-10,19,21H,4-6,11-18H2,1-3H3,(H2,25,30)(H2,26,27,28);1H. The number of methoxy groups -OCH3 is 1. The van der Waals surface area contributed by atoms with Crippen LogP contribution in [-0.4, -0.2) is 63.1 Å². The van der Waals surface area contributed by atoms with E-state index in [1.165, 1.54) is 5.56 Å². The highest BCUT2D eigenvalue weighted by molar-refractivity contribution is 14.0. The first kappa shape index (κ1) is 28.5. The Bertz CT molecular complexity index is 675. The number of ether oxygens (including phenoxy) is 1. The number of unbranched alkanes of at least 4 members (excludes halogenated alkanes) is 1. The lowest BCUT2D eigenvalue weighted by atomic mass is 9.96. The Balaban J connectivity index is 0.00000512. The molecule has 1 aliphatic rings. The Kier molecular flexibility index (Phi) is 14.4. The molecule has 4 N–H and O–H groups in total.